The molecule has 7 heteroatoms. The van der Waals surface area contributed by atoms with Crippen molar-refractivity contribution in [2.45, 2.75) is 31.2 Å². The van der Waals surface area contributed by atoms with Crippen LogP contribution < -0.4 is 10.5 Å². The third kappa shape index (κ3) is 2.90. The summed E-state index contributed by atoms with van der Waals surface area (Å²) < 4.78 is 43.6. The maximum atomic E-state index is 12.7. The van der Waals surface area contributed by atoms with E-state index < -0.39 is 11.7 Å². The predicted molar refractivity (Wildman–Crippen MR) is 58.6 cm³/mol. The van der Waals surface area contributed by atoms with Gasteiger partial charge in [0.1, 0.15) is 11.7 Å². The Balaban J connectivity index is 2.21. The Bertz CT molecular complexity index is 419. The van der Waals surface area contributed by atoms with Crippen LogP contribution in [0, 0.1) is 0 Å². The van der Waals surface area contributed by atoms with Gasteiger partial charge >= 0.3 is 6.18 Å². The highest BCUT2D eigenvalue weighted by Gasteiger charge is 2.37. The number of halogens is 4. The first-order valence-electron chi connectivity index (χ1n) is 5.01. The molecule has 2 N–H and O–H groups in total. The highest BCUT2D eigenvalue weighted by Crippen LogP contribution is 2.38. The standard InChI is InChI=1S/C10H10BrF3N2O/c11-5-1-8(10(12,13)14)9(16-4-5)17-7-2-6(15)3-7/h1,4,6-7H,2-3,15H2. The summed E-state index contributed by atoms with van der Waals surface area (Å²) in [6.07, 6.45) is -2.33. The van der Waals surface area contributed by atoms with Crippen LogP contribution in [0.3, 0.4) is 0 Å². The first-order valence-corrected chi connectivity index (χ1v) is 5.80. The van der Waals surface area contributed by atoms with Crippen LogP contribution in [-0.2, 0) is 6.18 Å². The summed E-state index contributed by atoms with van der Waals surface area (Å²) in [6.45, 7) is 0. The Labute approximate surface area is 104 Å². The fraction of sp³-hybridized carbons (Fsp3) is 0.500. The lowest BCUT2D eigenvalue weighted by Crippen LogP contribution is -2.43. The maximum absolute atomic E-state index is 12.7. The van der Waals surface area contributed by atoms with Crippen LogP contribution in [0.1, 0.15) is 18.4 Å². The van der Waals surface area contributed by atoms with Crippen molar-refractivity contribution in [3.05, 3.63) is 22.3 Å². The van der Waals surface area contributed by atoms with E-state index in [1.165, 1.54) is 6.20 Å². The number of hydrogen-bond donors (Lipinski definition) is 1. The van der Waals surface area contributed by atoms with Gasteiger partial charge in [-0.15, -0.1) is 0 Å². The summed E-state index contributed by atoms with van der Waals surface area (Å²) in [5.41, 5.74) is 4.67. The third-order valence-electron chi connectivity index (χ3n) is 2.53. The predicted octanol–water partition coefficient (Wildman–Crippen LogP) is 2.73. The Kier molecular flexibility index (Phi) is 3.31. The van der Waals surface area contributed by atoms with Gasteiger partial charge in [0.15, 0.2) is 0 Å². The number of nitrogens with two attached hydrogens (primary N) is 1. The molecule has 1 saturated carbocycles. The summed E-state index contributed by atoms with van der Waals surface area (Å²) in [7, 11) is 0. The lowest BCUT2D eigenvalue weighted by atomic mass is 9.90. The molecule has 1 heterocycles. The van der Waals surface area contributed by atoms with E-state index in [9.17, 15) is 13.2 Å². The molecule has 0 aromatic carbocycles. The molecule has 3 nitrogen and oxygen atoms in total. The zero-order valence-electron chi connectivity index (χ0n) is 8.67. The number of pyridine rings is 1. The van der Waals surface area contributed by atoms with Gasteiger partial charge in [0.2, 0.25) is 5.88 Å². The summed E-state index contributed by atoms with van der Waals surface area (Å²) >= 11 is 2.96. The Hall–Kier alpha value is -0.820. The molecular weight excluding hydrogens is 301 g/mol. The van der Waals surface area contributed by atoms with Gasteiger partial charge in [0.05, 0.1) is 0 Å². The van der Waals surface area contributed by atoms with Crippen molar-refractivity contribution in [1.82, 2.24) is 4.98 Å². The van der Waals surface area contributed by atoms with E-state index in [0.717, 1.165) is 6.07 Å². The normalized spacial score (nSPS) is 24.3. The van der Waals surface area contributed by atoms with Crippen LogP contribution in [-0.4, -0.2) is 17.1 Å². The van der Waals surface area contributed by atoms with E-state index in [4.69, 9.17) is 10.5 Å². The van der Waals surface area contributed by atoms with Crippen molar-refractivity contribution < 1.29 is 17.9 Å². The van der Waals surface area contributed by atoms with E-state index in [2.05, 4.69) is 20.9 Å². The van der Waals surface area contributed by atoms with Crippen LogP contribution in [0.25, 0.3) is 0 Å². The third-order valence-corrected chi connectivity index (χ3v) is 2.97. The smallest absolute Gasteiger partial charge is 0.421 e. The molecule has 0 atom stereocenters. The fourth-order valence-electron chi connectivity index (χ4n) is 1.58. The minimum absolute atomic E-state index is 0.0183. The van der Waals surface area contributed by atoms with Crippen LogP contribution >= 0.6 is 15.9 Å². The van der Waals surface area contributed by atoms with Crippen LogP contribution in [0.5, 0.6) is 5.88 Å². The zero-order chi connectivity index (χ0) is 12.6. The molecule has 1 aromatic heterocycles. The lowest BCUT2D eigenvalue weighted by molar-refractivity contribution is -0.140. The number of hydrogen-bond acceptors (Lipinski definition) is 3. The highest BCUT2D eigenvalue weighted by molar-refractivity contribution is 9.10. The topological polar surface area (TPSA) is 48.1 Å². The van der Waals surface area contributed by atoms with E-state index in [0.29, 0.717) is 12.8 Å². The summed E-state index contributed by atoms with van der Waals surface area (Å²) in [5.74, 6) is -0.377. The first-order chi connectivity index (χ1) is 7.86. The van der Waals surface area contributed by atoms with Gasteiger partial charge in [-0.2, -0.15) is 13.2 Å². The average molecular weight is 311 g/mol. The zero-order valence-corrected chi connectivity index (χ0v) is 10.3. The van der Waals surface area contributed by atoms with Crippen LogP contribution in [0.4, 0.5) is 13.2 Å². The van der Waals surface area contributed by atoms with Crippen molar-refractivity contribution in [2.24, 2.45) is 5.73 Å². The number of alkyl halides is 3. The number of nitrogens with zero attached hydrogens (tertiary/aromatic N) is 1. The van der Waals surface area contributed by atoms with Crippen molar-refractivity contribution >= 4 is 15.9 Å². The molecule has 0 aliphatic heterocycles. The minimum atomic E-state index is -4.47. The number of rotatable bonds is 2. The molecule has 0 bridgehead atoms. The molecule has 1 fully saturated rings. The molecule has 0 unspecified atom stereocenters. The van der Waals surface area contributed by atoms with E-state index in [1.807, 2.05) is 0 Å². The van der Waals surface area contributed by atoms with Gasteiger partial charge in [-0.25, -0.2) is 4.98 Å². The quantitative estimate of drug-likeness (QED) is 0.913. The molecule has 2 rings (SSSR count). The van der Waals surface area contributed by atoms with Crippen molar-refractivity contribution in [2.75, 3.05) is 0 Å². The van der Waals surface area contributed by atoms with Crippen molar-refractivity contribution in [3.8, 4) is 5.88 Å². The highest BCUT2D eigenvalue weighted by atomic mass is 79.9. The molecule has 1 aromatic rings. The molecule has 94 valence electrons. The minimum Gasteiger partial charge on any atom is -0.474 e. The Morgan fingerprint density at radius 3 is 2.59 bits per heavy atom. The molecule has 0 spiro atoms. The lowest BCUT2D eigenvalue weighted by Gasteiger charge is -2.32. The average Bonchev–Trinajstić information content (AvgIpc) is 2.16. The first kappa shape index (κ1) is 12.6. The van der Waals surface area contributed by atoms with Gasteiger partial charge < -0.3 is 10.5 Å². The monoisotopic (exact) mass is 310 g/mol. The largest absolute Gasteiger partial charge is 0.474 e. The molecule has 1 aliphatic rings. The van der Waals surface area contributed by atoms with Gasteiger partial charge in [-0.1, -0.05) is 0 Å². The second kappa shape index (κ2) is 4.45. The summed E-state index contributed by atoms with van der Waals surface area (Å²) in [6, 6.07) is 0.978. The molecule has 0 saturated heterocycles. The summed E-state index contributed by atoms with van der Waals surface area (Å²) in [4.78, 5) is 3.66. The maximum Gasteiger partial charge on any atom is 0.421 e. The van der Waals surface area contributed by atoms with Gasteiger partial charge in [-0.3, -0.25) is 0 Å². The van der Waals surface area contributed by atoms with Gasteiger partial charge in [0, 0.05) is 16.7 Å². The van der Waals surface area contributed by atoms with Crippen LogP contribution in [0.2, 0.25) is 0 Å². The van der Waals surface area contributed by atoms with E-state index in [-0.39, 0.29) is 22.5 Å². The molecule has 0 radical (unpaired) electrons. The van der Waals surface area contributed by atoms with E-state index in [1.54, 1.807) is 0 Å². The molecular formula is C10H10BrF3N2O. The fourth-order valence-corrected chi connectivity index (χ4v) is 1.92. The Morgan fingerprint density at radius 2 is 2.06 bits per heavy atom. The molecule has 1 aliphatic carbocycles. The second-order valence-electron chi connectivity index (χ2n) is 3.98. The van der Waals surface area contributed by atoms with E-state index >= 15 is 0 Å². The van der Waals surface area contributed by atoms with Gasteiger partial charge in [0.25, 0.3) is 0 Å². The molecule has 17 heavy (non-hydrogen) atoms. The van der Waals surface area contributed by atoms with Crippen LogP contribution in [0.15, 0.2) is 16.7 Å². The van der Waals surface area contributed by atoms with Crippen molar-refractivity contribution in [3.63, 3.8) is 0 Å². The molecule has 0 amide bonds. The SMILES string of the molecule is NC1CC(Oc2ncc(Br)cc2C(F)(F)F)C1. The Morgan fingerprint density at radius 1 is 1.41 bits per heavy atom. The second-order valence-corrected chi connectivity index (χ2v) is 4.89. The van der Waals surface area contributed by atoms with Crippen molar-refractivity contribution in [1.29, 1.82) is 0 Å². The van der Waals surface area contributed by atoms with Gasteiger partial charge in [-0.05, 0) is 34.8 Å². The number of aromatic nitrogens is 1. The number of ether oxygens (including phenoxy) is 1. The summed E-state index contributed by atoms with van der Waals surface area (Å²) in [5, 5.41) is 0.